The van der Waals surface area contributed by atoms with Gasteiger partial charge in [0.25, 0.3) is 0 Å². The first-order valence-corrected chi connectivity index (χ1v) is 8.29. The molecular formula is C19H16ClFN2O. The van der Waals surface area contributed by atoms with E-state index in [1.807, 2.05) is 0 Å². The molecule has 0 atom stereocenters. The Morgan fingerprint density at radius 3 is 2.75 bits per heavy atom. The highest BCUT2D eigenvalue weighted by Gasteiger charge is 2.42. The third-order valence-corrected chi connectivity index (χ3v) is 5.38. The zero-order chi connectivity index (χ0) is 16.9. The third kappa shape index (κ3) is 2.09. The normalized spacial score (nSPS) is 17.1. The van der Waals surface area contributed by atoms with Crippen LogP contribution in [-0.2, 0) is 5.41 Å². The number of allylic oxidation sites excluding steroid dienone is 2. The largest absolute Gasteiger partial charge is 0.369 e. The van der Waals surface area contributed by atoms with Crippen molar-refractivity contribution < 1.29 is 9.18 Å². The number of pyridine rings is 1. The molecule has 24 heavy (non-hydrogen) atoms. The topological polar surface area (TPSA) is 42.0 Å². The molecule has 0 bridgehead atoms. The number of rotatable bonds is 2. The van der Waals surface area contributed by atoms with Crippen LogP contribution in [0.3, 0.4) is 0 Å². The van der Waals surface area contributed by atoms with Crippen molar-refractivity contribution >= 4 is 23.2 Å². The van der Waals surface area contributed by atoms with E-state index in [4.69, 9.17) is 11.6 Å². The second kappa shape index (κ2) is 5.42. The van der Waals surface area contributed by atoms with Gasteiger partial charge in [0, 0.05) is 34.8 Å². The Balaban J connectivity index is 1.91. The van der Waals surface area contributed by atoms with E-state index in [-0.39, 0.29) is 16.8 Å². The van der Waals surface area contributed by atoms with Crippen LogP contribution in [0.1, 0.15) is 35.7 Å². The molecule has 0 unspecified atom stereocenters. The highest BCUT2D eigenvalue weighted by Crippen LogP contribution is 2.50. The first kappa shape index (κ1) is 15.3. The fourth-order valence-electron chi connectivity index (χ4n) is 3.70. The second-order valence-electron chi connectivity index (χ2n) is 6.45. The molecular weight excluding hydrogens is 327 g/mol. The zero-order valence-corrected chi connectivity index (χ0v) is 14.0. The number of anilines is 1. The lowest BCUT2D eigenvalue weighted by molar-refractivity contribution is 0.101. The fraction of sp³-hybridized carbons (Fsp3) is 0.263. The van der Waals surface area contributed by atoms with Gasteiger partial charge in [0.15, 0.2) is 5.78 Å². The Labute approximate surface area is 144 Å². The van der Waals surface area contributed by atoms with Crippen LogP contribution >= 0.6 is 11.6 Å². The molecule has 2 aromatic rings. The number of ketones is 1. The summed E-state index contributed by atoms with van der Waals surface area (Å²) in [7, 11) is 0. The molecule has 5 heteroatoms. The van der Waals surface area contributed by atoms with Gasteiger partial charge in [-0.3, -0.25) is 4.79 Å². The highest BCUT2D eigenvalue weighted by atomic mass is 35.5. The molecule has 4 rings (SSSR count). The average Bonchev–Trinajstić information content (AvgIpc) is 3.17. The van der Waals surface area contributed by atoms with Crippen molar-refractivity contribution in [3.63, 3.8) is 0 Å². The molecule has 1 aromatic heterocycles. The Morgan fingerprint density at radius 1 is 1.29 bits per heavy atom. The molecule has 0 saturated heterocycles. The highest BCUT2D eigenvalue weighted by molar-refractivity contribution is 6.34. The number of benzene rings is 1. The molecule has 3 nitrogen and oxygen atoms in total. The van der Waals surface area contributed by atoms with Crippen molar-refractivity contribution in [2.45, 2.75) is 25.2 Å². The molecule has 0 amide bonds. The van der Waals surface area contributed by atoms with Crippen molar-refractivity contribution in [3.05, 3.63) is 58.5 Å². The molecule has 0 fully saturated rings. The lowest BCUT2D eigenvalue weighted by atomic mass is 9.80. The molecule has 0 saturated carbocycles. The van der Waals surface area contributed by atoms with Gasteiger partial charge in [0.05, 0.1) is 10.6 Å². The van der Waals surface area contributed by atoms with Crippen LogP contribution in [0.25, 0.3) is 11.1 Å². The lowest BCUT2D eigenvalue weighted by Crippen LogP contribution is -2.25. The van der Waals surface area contributed by atoms with Gasteiger partial charge in [-0.25, -0.2) is 9.37 Å². The molecule has 2 aliphatic rings. The number of Topliss-reactive ketones (excluding diaryl/α,β-unsaturated/α-hetero) is 1. The molecule has 1 aliphatic heterocycles. The van der Waals surface area contributed by atoms with E-state index in [0.717, 1.165) is 30.8 Å². The molecule has 122 valence electrons. The van der Waals surface area contributed by atoms with Crippen LogP contribution < -0.4 is 5.32 Å². The molecule has 1 N–H and O–H groups in total. The summed E-state index contributed by atoms with van der Waals surface area (Å²) in [4.78, 5) is 16.1. The maximum Gasteiger partial charge on any atom is 0.162 e. The van der Waals surface area contributed by atoms with Crippen LogP contribution in [0.2, 0.25) is 5.02 Å². The standard InChI is InChI=1S/C19H16ClFN2O/c1-11(24)12-5-4-6-13(17(12)21)14-9-22-18-15(16(14)20)19(10-23-18)7-2-3-8-19/h2-6,9H,7-8,10H2,1H3,(H,22,23). The van der Waals surface area contributed by atoms with Crippen molar-refractivity contribution in [2.75, 3.05) is 11.9 Å². The Hall–Kier alpha value is -2.20. The number of hydrogen-bond acceptors (Lipinski definition) is 3. The quantitative estimate of drug-likeness (QED) is 0.632. The predicted octanol–water partition coefficient (Wildman–Crippen LogP) is 4.76. The van der Waals surface area contributed by atoms with Gasteiger partial charge in [-0.2, -0.15) is 0 Å². The minimum Gasteiger partial charge on any atom is -0.369 e. The van der Waals surface area contributed by atoms with E-state index in [1.54, 1.807) is 18.3 Å². The number of nitrogens with zero attached hydrogens (tertiary/aromatic N) is 1. The Bertz CT molecular complexity index is 883. The number of carbonyl (C=O) groups is 1. The third-order valence-electron chi connectivity index (χ3n) is 4.99. The summed E-state index contributed by atoms with van der Waals surface area (Å²) in [5, 5.41) is 3.83. The van der Waals surface area contributed by atoms with Crippen LogP contribution in [0.5, 0.6) is 0 Å². The monoisotopic (exact) mass is 342 g/mol. The first-order chi connectivity index (χ1) is 11.5. The van der Waals surface area contributed by atoms with Gasteiger partial charge >= 0.3 is 0 Å². The minimum atomic E-state index is -0.543. The van der Waals surface area contributed by atoms with Gasteiger partial charge in [-0.1, -0.05) is 35.9 Å². The molecule has 2 heterocycles. The Morgan fingerprint density at radius 2 is 2.04 bits per heavy atom. The molecule has 1 aromatic carbocycles. The SMILES string of the molecule is CC(=O)c1cccc(-c2cnc3c(c2Cl)C2(CC=CC2)CN3)c1F. The molecule has 1 aliphatic carbocycles. The number of halogens is 2. The van der Waals surface area contributed by atoms with E-state index in [0.29, 0.717) is 16.1 Å². The summed E-state index contributed by atoms with van der Waals surface area (Å²) in [5.41, 5.74) is 1.78. The number of nitrogens with one attached hydrogen (secondary N) is 1. The Kier molecular flexibility index (Phi) is 3.46. The molecule has 0 radical (unpaired) electrons. The van der Waals surface area contributed by atoms with E-state index >= 15 is 0 Å². The summed E-state index contributed by atoms with van der Waals surface area (Å²) >= 11 is 6.70. The van der Waals surface area contributed by atoms with Crippen molar-refractivity contribution in [3.8, 4) is 11.1 Å². The number of hydrogen-bond donors (Lipinski definition) is 1. The average molecular weight is 343 g/mol. The van der Waals surface area contributed by atoms with E-state index < -0.39 is 5.82 Å². The number of carbonyl (C=O) groups excluding carboxylic acids is 1. The van der Waals surface area contributed by atoms with Gasteiger partial charge in [-0.15, -0.1) is 0 Å². The number of fused-ring (bicyclic) bond motifs is 2. The van der Waals surface area contributed by atoms with Crippen molar-refractivity contribution in [1.82, 2.24) is 4.98 Å². The maximum absolute atomic E-state index is 14.8. The summed E-state index contributed by atoms with van der Waals surface area (Å²) < 4.78 is 14.8. The summed E-state index contributed by atoms with van der Waals surface area (Å²) in [6.07, 6.45) is 7.67. The van der Waals surface area contributed by atoms with Crippen molar-refractivity contribution in [1.29, 1.82) is 0 Å². The van der Waals surface area contributed by atoms with Gasteiger partial charge in [0.1, 0.15) is 11.6 Å². The van der Waals surface area contributed by atoms with Gasteiger partial charge in [0.2, 0.25) is 0 Å². The van der Waals surface area contributed by atoms with Gasteiger partial charge in [-0.05, 0) is 25.8 Å². The summed E-state index contributed by atoms with van der Waals surface area (Å²) in [6.45, 7) is 2.13. The first-order valence-electron chi connectivity index (χ1n) is 7.91. The fourth-order valence-corrected chi connectivity index (χ4v) is 4.14. The minimum absolute atomic E-state index is 0.0689. The summed E-state index contributed by atoms with van der Waals surface area (Å²) in [6, 6.07) is 4.79. The second-order valence-corrected chi connectivity index (χ2v) is 6.82. The lowest BCUT2D eigenvalue weighted by Gasteiger charge is -2.24. The van der Waals surface area contributed by atoms with Crippen molar-refractivity contribution in [2.24, 2.45) is 0 Å². The predicted molar refractivity (Wildman–Crippen MR) is 93.2 cm³/mol. The maximum atomic E-state index is 14.8. The van der Waals surface area contributed by atoms with Crippen LogP contribution in [0, 0.1) is 5.82 Å². The summed E-state index contributed by atoms with van der Waals surface area (Å²) in [5.74, 6) is -0.0773. The van der Waals surface area contributed by atoms with E-state index in [9.17, 15) is 9.18 Å². The molecule has 1 spiro atoms. The smallest absolute Gasteiger partial charge is 0.162 e. The van der Waals surface area contributed by atoms with Crippen LogP contribution in [-0.4, -0.2) is 17.3 Å². The van der Waals surface area contributed by atoms with E-state index in [1.165, 1.54) is 13.0 Å². The van der Waals surface area contributed by atoms with E-state index in [2.05, 4.69) is 22.5 Å². The van der Waals surface area contributed by atoms with Gasteiger partial charge < -0.3 is 5.32 Å². The number of aromatic nitrogens is 1. The van der Waals surface area contributed by atoms with Crippen LogP contribution in [0.4, 0.5) is 10.2 Å². The zero-order valence-electron chi connectivity index (χ0n) is 13.2. The van der Waals surface area contributed by atoms with Crippen LogP contribution in [0.15, 0.2) is 36.5 Å².